The van der Waals surface area contributed by atoms with E-state index in [-0.39, 0.29) is 7.48 Å². The van der Waals surface area contributed by atoms with Gasteiger partial charge in [-0.25, -0.2) is 0 Å². The average molecular weight is 361 g/mol. The molecule has 4 aromatic carbocycles. The normalized spacial score (nSPS) is 11.8. The lowest BCUT2D eigenvalue weighted by Gasteiger charge is -2.08. The van der Waals surface area contributed by atoms with Crippen LogP contribution >= 0.6 is 0 Å². The first-order valence-corrected chi connectivity index (χ1v) is 9.39. The first-order chi connectivity index (χ1) is 13.9. The van der Waals surface area contributed by atoms with Gasteiger partial charge in [-0.3, -0.25) is 0 Å². The van der Waals surface area contributed by atoms with E-state index in [0.29, 0.717) is 0 Å². The SMILES string of the molecule is OBc1cccc2c1oc1c(-n3c4ccccc4c4ccccc43)cccc12. The summed E-state index contributed by atoms with van der Waals surface area (Å²) < 4.78 is 8.62. The second kappa shape index (κ2) is 5.75. The highest BCUT2D eigenvalue weighted by atomic mass is 16.3. The quantitative estimate of drug-likeness (QED) is 0.456. The minimum absolute atomic E-state index is 0.0398. The summed E-state index contributed by atoms with van der Waals surface area (Å²) >= 11 is 0. The minimum Gasteiger partial charge on any atom is -0.454 e. The number of fused-ring (bicyclic) bond motifs is 6. The van der Waals surface area contributed by atoms with Crippen molar-refractivity contribution in [1.29, 1.82) is 0 Å². The summed E-state index contributed by atoms with van der Waals surface area (Å²) in [6, 6.07) is 29.1. The van der Waals surface area contributed by atoms with Gasteiger partial charge in [-0.15, -0.1) is 0 Å². The fourth-order valence-corrected chi connectivity index (χ4v) is 4.35. The zero-order valence-corrected chi connectivity index (χ0v) is 15.1. The maximum atomic E-state index is 9.73. The first-order valence-electron chi connectivity index (χ1n) is 9.39. The molecule has 0 saturated carbocycles. The summed E-state index contributed by atoms with van der Waals surface area (Å²) in [7, 11) is -0.0398. The molecule has 0 unspecified atom stereocenters. The maximum absolute atomic E-state index is 9.73. The summed E-state index contributed by atoms with van der Waals surface area (Å²) in [5, 5.41) is 14.3. The Morgan fingerprint density at radius 3 is 1.86 bits per heavy atom. The van der Waals surface area contributed by atoms with Crippen LogP contribution in [0.1, 0.15) is 0 Å². The van der Waals surface area contributed by atoms with E-state index in [1.807, 2.05) is 12.1 Å². The molecule has 0 radical (unpaired) electrons. The lowest BCUT2D eigenvalue weighted by Crippen LogP contribution is -2.13. The first kappa shape index (κ1) is 15.6. The third-order valence-corrected chi connectivity index (χ3v) is 5.58. The summed E-state index contributed by atoms with van der Waals surface area (Å²) in [5.74, 6) is 0. The van der Waals surface area contributed by atoms with Crippen molar-refractivity contribution in [3.05, 3.63) is 84.9 Å². The van der Waals surface area contributed by atoms with Crippen LogP contribution in [0.5, 0.6) is 0 Å². The van der Waals surface area contributed by atoms with Crippen LogP contribution in [0.2, 0.25) is 0 Å². The highest BCUT2D eigenvalue weighted by molar-refractivity contribution is 6.50. The molecule has 1 N–H and O–H groups in total. The topological polar surface area (TPSA) is 38.3 Å². The zero-order chi connectivity index (χ0) is 18.7. The number of hydrogen-bond donors (Lipinski definition) is 1. The Bertz CT molecular complexity index is 1460. The van der Waals surface area contributed by atoms with E-state index < -0.39 is 0 Å². The molecule has 2 aromatic heterocycles. The van der Waals surface area contributed by atoms with Crippen LogP contribution in [0.4, 0.5) is 0 Å². The molecule has 4 heteroatoms. The molecule has 0 atom stereocenters. The number of hydrogen-bond acceptors (Lipinski definition) is 2. The predicted molar refractivity (Wildman–Crippen MR) is 117 cm³/mol. The molecule has 0 saturated heterocycles. The van der Waals surface area contributed by atoms with Crippen LogP contribution < -0.4 is 5.46 Å². The van der Waals surface area contributed by atoms with Crippen LogP contribution in [0, 0.1) is 0 Å². The molecular formula is C24H16BNO2. The molecule has 28 heavy (non-hydrogen) atoms. The fourth-order valence-electron chi connectivity index (χ4n) is 4.35. The summed E-state index contributed by atoms with van der Waals surface area (Å²) in [5.41, 5.74) is 5.72. The summed E-state index contributed by atoms with van der Waals surface area (Å²) in [6.07, 6.45) is 0. The molecule has 0 bridgehead atoms. The Kier molecular flexibility index (Phi) is 3.19. The second-order valence-electron chi connectivity index (χ2n) is 7.08. The van der Waals surface area contributed by atoms with Crippen LogP contribution in [0.15, 0.2) is 89.3 Å². The highest BCUT2D eigenvalue weighted by Crippen LogP contribution is 2.37. The Balaban J connectivity index is 1.81. The van der Waals surface area contributed by atoms with Crippen molar-refractivity contribution in [3.63, 3.8) is 0 Å². The van der Waals surface area contributed by atoms with Crippen molar-refractivity contribution in [1.82, 2.24) is 4.57 Å². The van der Waals surface area contributed by atoms with E-state index in [0.717, 1.165) is 44.1 Å². The summed E-state index contributed by atoms with van der Waals surface area (Å²) in [4.78, 5) is 0. The van der Waals surface area contributed by atoms with E-state index >= 15 is 0 Å². The van der Waals surface area contributed by atoms with Crippen molar-refractivity contribution >= 4 is 56.7 Å². The maximum Gasteiger partial charge on any atom is 0.308 e. The molecule has 0 aliphatic heterocycles. The van der Waals surface area contributed by atoms with Crippen molar-refractivity contribution in [2.24, 2.45) is 0 Å². The summed E-state index contributed by atoms with van der Waals surface area (Å²) in [6.45, 7) is 0. The van der Waals surface area contributed by atoms with Crippen LogP contribution in [0.25, 0.3) is 49.4 Å². The van der Waals surface area contributed by atoms with Crippen LogP contribution in [-0.4, -0.2) is 17.1 Å². The number of aromatic nitrogens is 1. The Morgan fingerprint density at radius 2 is 1.18 bits per heavy atom. The number of rotatable bonds is 2. The molecule has 0 amide bonds. The molecule has 0 spiro atoms. The zero-order valence-electron chi connectivity index (χ0n) is 15.1. The highest BCUT2D eigenvalue weighted by Gasteiger charge is 2.18. The molecule has 6 aromatic rings. The number of benzene rings is 4. The minimum atomic E-state index is -0.0398. The van der Waals surface area contributed by atoms with E-state index in [4.69, 9.17) is 4.42 Å². The Morgan fingerprint density at radius 1 is 0.607 bits per heavy atom. The Hall–Kier alpha value is -3.50. The molecule has 132 valence electrons. The van der Waals surface area contributed by atoms with Gasteiger partial charge in [0.25, 0.3) is 0 Å². The van der Waals surface area contributed by atoms with Gasteiger partial charge in [0.2, 0.25) is 0 Å². The van der Waals surface area contributed by atoms with Gasteiger partial charge >= 0.3 is 7.48 Å². The third kappa shape index (κ3) is 1.98. The average Bonchev–Trinajstić information content (AvgIpc) is 3.30. The van der Waals surface area contributed by atoms with Crippen molar-refractivity contribution in [2.45, 2.75) is 0 Å². The Labute approximate surface area is 161 Å². The number of furan rings is 1. The van der Waals surface area contributed by atoms with Crippen molar-refractivity contribution < 1.29 is 9.44 Å². The third-order valence-electron chi connectivity index (χ3n) is 5.58. The molecule has 3 nitrogen and oxygen atoms in total. The molecule has 0 fully saturated rings. The molecular weight excluding hydrogens is 345 g/mol. The fraction of sp³-hybridized carbons (Fsp3) is 0. The smallest absolute Gasteiger partial charge is 0.308 e. The van der Waals surface area contributed by atoms with E-state index in [1.165, 1.54) is 10.8 Å². The molecule has 6 rings (SSSR count). The lowest BCUT2D eigenvalue weighted by molar-refractivity contribution is 0.613. The van der Waals surface area contributed by atoms with Gasteiger partial charge in [-0.05, 0) is 23.7 Å². The van der Waals surface area contributed by atoms with Gasteiger partial charge in [0.1, 0.15) is 5.58 Å². The van der Waals surface area contributed by atoms with Gasteiger partial charge in [0, 0.05) is 21.5 Å². The van der Waals surface area contributed by atoms with Gasteiger partial charge in [0.05, 0.1) is 16.7 Å². The predicted octanol–water partition coefficient (Wildman–Crippen LogP) is 4.65. The van der Waals surface area contributed by atoms with Gasteiger partial charge < -0.3 is 14.0 Å². The molecule has 0 aliphatic carbocycles. The van der Waals surface area contributed by atoms with Gasteiger partial charge in [0.15, 0.2) is 5.58 Å². The van der Waals surface area contributed by atoms with Gasteiger partial charge in [-0.2, -0.15) is 0 Å². The van der Waals surface area contributed by atoms with Crippen LogP contribution in [-0.2, 0) is 0 Å². The van der Waals surface area contributed by atoms with E-state index in [2.05, 4.69) is 77.4 Å². The van der Waals surface area contributed by atoms with Crippen molar-refractivity contribution in [3.8, 4) is 5.69 Å². The molecule has 2 heterocycles. The second-order valence-corrected chi connectivity index (χ2v) is 7.08. The monoisotopic (exact) mass is 361 g/mol. The van der Waals surface area contributed by atoms with Crippen molar-refractivity contribution in [2.75, 3.05) is 0 Å². The van der Waals surface area contributed by atoms with Crippen LogP contribution in [0.3, 0.4) is 0 Å². The van der Waals surface area contributed by atoms with Gasteiger partial charge in [-0.1, -0.05) is 66.7 Å². The lowest BCUT2D eigenvalue weighted by atomic mass is 9.87. The van der Waals surface area contributed by atoms with E-state index in [9.17, 15) is 5.02 Å². The molecule has 0 aliphatic rings. The van der Waals surface area contributed by atoms with E-state index in [1.54, 1.807) is 0 Å². The number of nitrogens with zero attached hydrogens (tertiary/aromatic N) is 1. The standard InChI is InChI=1S/C24H16BNO2/c27-25-19-11-5-9-17-18-10-6-14-22(24(18)28-23(17)19)26-20-12-3-1-7-15(20)16-8-2-4-13-21(16)26/h1-14,25,27H. The number of para-hydroxylation sites is 4. The largest absolute Gasteiger partial charge is 0.454 e.